The van der Waals surface area contributed by atoms with Crippen LogP contribution in [-0.2, 0) is 20.8 Å². The van der Waals surface area contributed by atoms with Gasteiger partial charge >= 0.3 is 6.09 Å². The van der Waals surface area contributed by atoms with E-state index in [1.807, 2.05) is 51.1 Å². The van der Waals surface area contributed by atoms with E-state index in [0.29, 0.717) is 38.9 Å². The third-order valence-corrected chi connectivity index (χ3v) is 4.49. The lowest BCUT2D eigenvalue weighted by Gasteiger charge is -2.37. The lowest BCUT2D eigenvalue weighted by Crippen LogP contribution is -2.54. The molecule has 152 valence electrons. The Labute approximate surface area is 167 Å². The van der Waals surface area contributed by atoms with Gasteiger partial charge < -0.3 is 19.5 Å². The second-order valence-corrected chi connectivity index (χ2v) is 8.03. The van der Waals surface area contributed by atoms with Gasteiger partial charge in [0.2, 0.25) is 0 Å². The average molecular weight is 399 g/mol. The van der Waals surface area contributed by atoms with Gasteiger partial charge in [0.25, 0.3) is 0 Å². The van der Waals surface area contributed by atoms with Crippen molar-refractivity contribution in [1.29, 1.82) is 0 Å². The number of hydrogen-bond donors (Lipinski definition) is 1. The highest BCUT2D eigenvalue weighted by Crippen LogP contribution is 2.11. The molecule has 27 heavy (non-hydrogen) atoms. The summed E-state index contributed by atoms with van der Waals surface area (Å²) >= 11 is 6.07. The zero-order chi connectivity index (χ0) is 19.7. The molecule has 2 atom stereocenters. The molecule has 1 aromatic rings. The van der Waals surface area contributed by atoms with Gasteiger partial charge in [0.15, 0.2) is 0 Å². The Morgan fingerprint density at radius 2 is 2.11 bits per heavy atom. The van der Waals surface area contributed by atoms with E-state index < -0.39 is 11.7 Å². The van der Waals surface area contributed by atoms with Crippen molar-refractivity contribution in [1.82, 2.24) is 10.2 Å². The van der Waals surface area contributed by atoms with E-state index in [2.05, 4.69) is 10.2 Å². The summed E-state index contributed by atoms with van der Waals surface area (Å²) in [4.78, 5) is 14.5. The van der Waals surface area contributed by atoms with Gasteiger partial charge in [-0.2, -0.15) is 0 Å². The quantitative estimate of drug-likeness (QED) is 0.682. The van der Waals surface area contributed by atoms with Crippen LogP contribution in [0.5, 0.6) is 0 Å². The van der Waals surface area contributed by atoms with E-state index in [9.17, 15) is 4.79 Å². The van der Waals surface area contributed by atoms with Gasteiger partial charge in [0.05, 0.1) is 32.5 Å². The summed E-state index contributed by atoms with van der Waals surface area (Å²) in [6.07, 6.45) is -0.438. The summed E-state index contributed by atoms with van der Waals surface area (Å²) in [7, 11) is 0. The normalized spacial score (nSPS) is 19.5. The van der Waals surface area contributed by atoms with Gasteiger partial charge in [-0.3, -0.25) is 4.90 Å². The number of alkyl carbamates (subject to hydrolysis) is 1. The Bertz CT molecular complexity index is 565. The molecule has 6 nitrogen and oxygen atoms in total. The molecular weight excluding hydrogens is 368 g/mol. The van der Waals surface area contributed by atoms with E-state index >= 15 is 0 Å². The fourth-order valence-corrected chi connectivity index (χ4v) is 3.15. The van der Waals surface area contributed by atoms with Crippen molar-refractivity contribution < 1.29 is 19.0 Å². The number of ether oxygens (including phenoxy) is 3. The maximum Gasteiger partial charge on any atom is 0.407 e. The Hall–Kier alpha value is -1.34. The Morgan fingerprint density at radius 3 is 2.78 bits per heavy atom. The number of hydrogen-bond acceptors (Lipinski definition) is 5. The zero-order valence-electron chi connectivity index (χ0n) is 16.4. The Morgan fingerprint density at radius 1 is 1.37 bits per heavy atom. The number of rotatable bonds is 8. The van der Waals surface area contributed by atoms with Crippen molar-refractivity contribution in [3.05, 3.63) is 35.9 Å². The van der Waals surface area contributed by atoms with E-state index in [1.54, 1.807) is 0 Å². The van der Waals surface area contributed by atoms with Crippen molar-refractivity contribution >= 4 is 17.7 Å². The molecule has 1 aliphatic rings. The molecule has 1 heterocycles. The van der Waals surface area contributed by atoms with Crippen LogP contribution in [0.4, 0.5) is 4.79 Å². The molecule has 1 amide bonds. The van der Waals surface area contributed by atoms with Gasteiger partial charge in [0, 0.05) is 25.0 Å². The second-order valence-electron chi connectivity index (χ2n) is 7.72. The minimum Gasteiger partial charge on any atom is -0.444 e. The molecule has 1 aliphatic heterocycles. The molecule has 1 aromatic carbocycles. The summed E-state index contributed by atoms with van der Waals surface area (Å²) in [6, 6.07) is 9.90. The van der Waals surface area contributed by atoms with Crippen LogP contribution in [0.2, 0.25) is 0 Å². The van der Waals surface area contributed by atoms with Crippen molar-refractivity contribution in [3.8, 4) is 0 Å². The summed E-state index contributed by atoms with van der Waals surface area (Å²) in [5.74, 6) is 0.490. The number of amides is 1. The lowest BCUT2D eigenvalue weighted by molar-refractivity contribution is -0.0121. The smallest absolute Gasteiger partial charge is 0.407 e. The van der Waals surface area contributed by atoms with Gasteiger partial charge in [-0.25, -0.2) is 4.79 Å². The summed E-state index contributed by atoms with van der Waals surface area (Å²) in [5.41, 5.74) is 0.551. The molecule has 0 bridgehead atoms. The van der Waals surface area contributed by atoms with E-state index in [4.69, 9.17) is 25.8 Å². The zero-order valence-corrected chi connectivity index (χ0v) is 17.2. The molecule has 0 spiro atoms. The molecule has 1 N–H and O–H groups in total. The fourth-order valence-electron chi connectivity index (χ4n) is 2.86. The molecule has 0 aromatic heterocycles. The molecule has 1 fully saturated rings. The first-order chi connectivity index (χ1) is 12.9. The van der Waals surface area contributed by atoms with Crippen LogP contribution >= 0.6 is 11.6 Å². The highest BCUT2D eigenvalue weighted by molar-refractivity contribution is 6.18. The van der Waals surface area contributed by atoms with Crippen molar-refractivity contribution in [3.63, 3.8) is 0 Å². The predicted molar refractivity (Wildman–Crippen MR) is 106 cm³/mol. The average Bonchev–Trinajstić information content (AvgIpc) is 2.61. The van der Waals surface area contributed by atoms with Crippen LogP contribution in [0.15, 0.2) is 30.3 Å². The molecule has 0 saturated carbocycles. The first-order valence-electron chi connectivity index (χ1n) is 9.36. The number of carbonyl (C=O) groups is 1. The molecule has 2 unspecified atom stereocenters. The lowest BCUT2D eigenvalue weighted by atomic mass is 10.2. The van der Waals surface area contributed by atoms with E-state index in [1.165, 1.54) is 0 Å². The van der Waals surface area contributed by atoms with Crippen LogP contribution in [0, 0.1) is 0 Å². The molecule has 1 saturated heterocycles. The fraction of sp³-hybridized carbons (Fsp3) is 0.650. The van der Waals surface area contributed by atoms with Crippen LogP contribution < -0.4 is 5.32 Å². The minimum atomic E-state index is -0.544. The van der Waals surface area contributed by atoms with E-state index in [0.717, 1.165) is 12.1 Å². The minimum absolute atomic E-state index is 0.137. The molecule has 0 aliphatic carbocycles. The van der Waals surface area contributed by atoms with Crippen LogP contribution in [0.25, 0.3) is 0 Å². The molecular formula is C20H31ClN2O4. The number of benzene rings is 1. The highest BCUT2D eigenvalue weighted by atomic mass is 35.5. The molecule has 2 rings (SSSR count). The van der Waals surface area contributed by atoms with E-state index in [-0.39, 0.29) is 12.1 Å². The SMILES string of the molecule is CC(C)(C)OC(=O)NC(COCc1ccccc1)CN1CCOCC1CCl. The first kappa shape index (κ1) is 22.0. The number of carbonyl (C=O) groups excluding carboxylic acids is 1. The van der Waals surface area contributed by atoms with Crippen LogP contribution in [0.1, 0.15) is 26.3 Å². The second kappa shape index (κ2) is 10.9. The van der Waals surface area contributed by atoms with Gasteiger partial charge in [-0.1, -0.05) is 30.3 Å². The maximum atomic E-state index is 12.2. The van der Waals surface area contributed by atoms with Gasteiger partial charge in [0.1, 0.15) is 5.60 Å². The maximum absolute atomic E-state index is 12.2. The predicted octanol–water partition coefficient (Wildman–Crippen LogP) is 3.04. The summed E-state index contributed by atoms with van der Waals surface area (Å²) < 4.78 is 16.8. The standard InChI is InChI=1S/C20H31ClN2O4/c1-20(2,3)27-19(24)22-17(12-23-9-10-25-15-18(23)11-21)14-26-13-16-7-5-4-6-8-16/h4-8,17-18H,9-15H2,1-3H3,(H,22,24). The van der Waals surface area contributed by atoms with Crippen molar-refractivity contribution in [2.45, 2.75) is 45.1 Å². The number of alkyl halides is 1. The number of halogens is 1. The third kappa shape index (κ3) is 8.47. The summed E-state index contributed by atoms with van der Waals surface area (Å²) in [6.45, 7) is 9.11. The molecule has 0 radical (unpaired) electrons. The number of morpholine rings is 1. The van der Waals surface area contributed by atoms with Crippen LogP contribution in [0.3, 0.4) is 0 Å². The Balaban J connectivity index is 1.93. The van der Waals surface area contributed by atoms with Gasteiger partial charge in [-0.05, 0) is 26.3 Å². The molecule has 7 heteroatoms. The first-order valence-corrected chi connectivity index (χ1v) is 9.90. The van der Waals surface area contributed by atoms with Crippen molar-refractivity contribution in [2.75, 3.05) is 38.8 Å². The topological polar surface area (TPSA) is 60.0 Å². The Kier molecular flexibility index (Phi) is 8.83. The largest absolute Gasteiger partial charge is 0.444 e. The number of nitrogens with one attached hydrogen (secondary N) is 1. The number of nitrogens with zero attached hydrogens (tertiary/aromatic N) is 1. The van der Waals surface area contributed by atoms with Crippen LogP contribution in [-0.4, -0.2) is 67.5 Å². The summed E-state index contributed by atoms with van der Waals surface area (Å²) in [5, 5.41) is 2.94. The van der Waals surface area contributed by atoms with Crippen molar-refractivity contribution in [2.24, 2.45) is 0 Å². The third-order valence-electron chi connectivity index (χ3n) is 4.13. The van der Waals surface area contributed by atoms with Gasteiger partial charge in [-0.15, -0.1) is 11.6 Å². The monoisotopic (exact) mass is 398 g/mol. The highest BCUT2D eigenvalue weighted by Gasteiger charge is 2.27.